The number of hydrogen-bond donors (Lipinski definition) is 2. The molecule has 1 aliphatic heterocycles. The lowest BCUT2D eigenvalue weighted by molar-refractivity contribution is -0.122. The number of nitrogens with one attached hydrogen (secondary N) is 1. The van der Waals surface area contributed by atoms with Gasteiger partial charge in [-0.05, 0) is 121 Å². The Bertz CT molecular complexity index is 1750. The van der Waals surface area contributed by atoms with E-state index in [0.717, 1.165) is 28.2 Å². The third kappa shape index (κ3) is 5.42. The number of carbonyl (C=O) groups excluding carboxylic acids is 3. The Morgan fingerprint density at radius 3 is 2.20 bits per heavy atom. The lowest BCUT2D eigenvalue weighted by Crippen LogP contribution is -2.54. The molecular weight excluding hydrogens is 608 g/mol. The summed E-state index contributed by atoms with van der Waals surface area (Å²) in [4.78, 5) is 51.5. The van der Waals surface area contributed by atoms with Gasteiger partial charge in [0.1, 0.15) is 12.2 Å². The molecule has 3 aromatic rings. The lowest BCUT2D eigenvalue weighted by atomic mass is 9.48. The largest absolute Gasteiger partial charge is 0.493 e. The molecule has 0 atom stereocenters. The maximum Gasteiger partial charge on any atom is 0.335 e. The maximum absolute atomic E-state index is 13.6. The number of halogens is 1. The molecule has 0 radical (unpaired) electrons. The highest BCUT2D eigenvalue weighted by atomic mass is 35.5. The van der Waals surface area contributed by atoms with Crippen LogP contribution in [0.3, 0.4) is 0 Å². The molecule has 5 aliphatic rings. The molecule has 4 aliphatic carbocycles. The number of carboxylic acids is 1. The number of ether oxygens (including phenoxy) is 2. The Morgan fingerprint density at radius 2 is 1.61 bits per heavy atom. The Labute approximate surface area is 271 Å². The number of anilines is 1. The lowest BCUT2D eigenvalue weighted by Gasteiger charge is -2.57. The monoisotopic (exact) mass is 640 g/mol. The molecule has 10 heteroatoms. The molecule has 236 valence electrons. The van der Waals surface area contributed by atoms with Crippen molar-refractivity contribution in [3.63, 3.8) is 0 Å². The Balaban J connectivity index is 1.11. The van der Waals surface area contributed by atoms with E-state index in [1.54, 1.807) is 30.3 Å². The van der Waals surface area contributed by atoms with Crippen LogP contribution in [0.5, 0.6) is 11.5 Å². The number of methoxy groups -OCH3 is 1. The van der Waals surface area contributed by atoms with E-state index in [4.69, 9.17) is 26.2 Å². The first-order valence-corrected chi connectivity index (χ1v) is 15.8. The summed E-state index contributed by atoms with van der Waals surface area (Å²) in [6.45, 7) is 0.0933. The van der Waals surface area contributed by atoms with E-state index in [9.17, 15) is 19.2 Å². The van der Waals surface area contributed by atoms with E-state index in [1.165, 1.54) is 75.5 Å². The van der Waals surface area contributed by atoms with Crippen LogP contribution < -0.4 is 19.7 Å². The molecule has 4 bridgehead atoms. The van der Waals surface area contributed by atoms with Gasteiger partial charge in [0.15, 0.2) is 11.5 Å². The molecule has 0 spiro atoms. The molecule has 0 aromatic heterocycles. The SMILES string of the molecule is COc1cc(/C=C2\C(=O)NC(=O)N(c3ccc(C45CC6CC(CC(C6)C4)C5)cc3)C2=O)cc(Cl)c1OCc1ccc(C(=O)O)cc1. The van der Waals surface area contributed by atoms with Crippen molar-refractivity contribution in [3.8, 4) is 11.5 Å². The van der Waals surface area contributed by atoms with Gasteiger partial charge in [-0.15, -0.1) is 0 Å². The van der Waals surface area contributed by atoms with Crippen molar-refractivity contribution >= 4 is 47.2 Å². The van der Waals surface area contributed by atoms with Crippen molar-refractivity contribution in [1.29, 1.82) is 0 Å². The van der Waals surface area contributed by atoms with Gasteiger partial charge in [-0.3, -0.25) is 14.9 Å². The summed E-state index contributed by atoms with van der Waals surface area (Å²) in [6, 6.07) is 16.2. The number of hydrogen-bond acceptors (Lipinski definition) is 6. The summed E-state index contributed by atoms with van der Waals surface area (Å²) < 4.78 is 11.4. The van der Waals surface area contributed by atoms with Crippen LogP contribution in [-0.2, 0) is 21.6 Å². The summed E-state index contributed by atoms with van der Waals surface area (Å²) in [7, 11) is 1.43. The van der Waals surface area contributed by atoms with E-state index < -0.39 is 23.8 Å². The van der Waals surface area contributed by atoms with E-state index >= 15 is 0 Å². The Morgan fingerprint density at radius 1 is 0.978 bits per heavy atom. The first kappa shape index (κ1) is 30.0. The van der Waals surface area contributed by atoms with Gasteiger partial charge in [-0.1, -0.05) is 35.9 Å². The Kier molecular flexibility index (Phi) is 7.59. The highest BCUT2D eigenvalue weighted by Gasteiger charge is 2.51. The molecule has 2 N–H and O–H groups in total. The van der Waals surface area contributed by atoms with Gasteiger partial charge in [0.2, 0.25) is 0 Å². The zero-order valence-electron chi connectivity index (χ0n) is 25.3. The van der Waals surface area contributed by atoms with Crippen LogP contribution in [0.25, 0.3) is 6.08 Å². The smallest absolute Gasteiger partial charge is 0.335 e. The summed E-state index contributed by atoms with van der Waals surface area (Å²) in [5.41, 5.74) is 2.89. The van der Waals surface area contributed by atoms with Crippen molar-refractivity contribution in [3.05, 3.63) is 93.5 Å². The van der Waals surface area contributed by atoms with Crippen molar-refractivity contribution in [2.75, 3.05) is 12.0 Å². The van der Waals surface area contributed by atoms with Gasteiger partial charge < -0.3 is 14.6 Å². The van der Waals surface area contributed by atoms with Crippen molar-refractivity contribution in [2.45, 2.75) is 50.5 Å². The number of benzene rings is 3. The second-order valence-corrected chi connectivity index (χ2v) is 13.4. The second-order valence-electron chi connectivity index (χ2n) is 13.0. The topological polar surface area (TPSA) is 122 Å². The van der Waals surface area contributed by atoms with Crippen LogP contribution in [0.2, 0.25) is 5.02 Å². The average Bonchev–Trinajstić information content (AvgIpc) is 3.02. The predicted molar refractivity (Wildman–Crippen MR) is 171 cm³/mol. The molecular formula is C36H33ClN2O7. The number of carboxylic acid groups (broad SMARTS) is 1. The third-order valence-electron chi connectivity index (χ3n) is 10.0. The van der Waals surface area contributed by atoms with Crippen LogP contribution in [0.15, 0.2) is 66.2 Å². The van der Waals surface area contributed by atoms with Gasteiger partial charge in [0.05, 0.1) is 23.4 Å². The molecule has 9 nitrogen and oxygen atoms in total. The first-order chi connectivity index (χ1) is 22.1. The fraction of sp³-hybridized carbons (Fsp3) is 0.333. The molecule has 3 aromatic carbocycles. The molecule has 4 amide bonds. The first-order valence-electron chi connectivity index (χ1n) is 15.5. The number of carbonyl (C=O) groups is 4. The summed E-state index contributed by atoms with van der Waals surface area (Å²) in [5, 5.41) is 11.6. The third-order valence-corrected chi connectivity index (χ3v) is 10.3. The van der Waals surface area contributed by atoms with Gasteiger partial charge in [0, 0.05) is 0 Å². The van der Waals surface area contributed by atoms with Gasteiger partial charge in [-0.2, -0.15) is 0 Å². The number of nitrogens with zero attached hydrogens (tertiary/aromatic N) is 1. The zero-order valence-corrected chi connectivity index (χ0v) is 26.0. The number of rotatable bonds is 8. The molecule has 0 unspecified atom stereocenters. The molecule has 8 rings (SSSR count). The number of imide groups is 2. The fourth-order valence-corrected chi connectivity index (χ4v) is 8.62. The number of urea groups is 1. The van der Waals surface area contributed by atoms with Crippen LogP contribution in [0.4, 0.5) is 10.5 Å². The van der Waals surface area contributed by atoms with Gasteiger partial charge in [-0.25, -0.2) is 14.5 Å². The highest BCUT2D eigenvalue weighted by Crippen LogP contribution is 2.60. The number of aromatic carboxylic acids is 1. The van der Waals surface area contributed by atoms with Crippen LogP contribution in [-0.4, -0.2) is 36.0 Å². The molecule has 4 saturated carbocycles. The number of amides is 4. The second kappa shape index (κ2) is 11.6. The van der Waals surface area contributed by atoms with E-state index in [2.05, 4.69) is 5.32 Å². The Hall–Kier alpha value is -4.63. The molecule has 1 saturated heterocycles. The molecule has 1 heterocycles. The zero-order chi connectivity index (χ0) is 32.2. The minimum atomic E-state index is -1.02. The highest BCUT2D eigenvalue weighted by molar-refractivity contribution is 6.39. The fourth-order valence-electron chi connectivity index (χ4n) is 8.35. The van der Waals surface area contributed by atoms with Crippen molar-refractivity contribution in [2.24, 2.45) is 17.8 Å². The van der Waals surface area contributed by atoms with E-state index in [0.29, 0.717) is 11.3 Å². The van der Waals surface area contributed by atoms with Crippen LogP contribution in [0.1, 0.15) is 65.6 Å². The van der Waals surface area contributed by atoms with Gasteiger partial charge >= 0.3 is 12.0 Å². The summed E-state index contributed by atoms with van der Waals surface area (Å²) in [5.74, 6) is 0.319. The van der Waals surface area contributed by atoms with Crippen molar-refractivity contribution in [1.82, 2.24) is 5.32 Å². The number of barbiturate groups is 1. The van der Waals surface area contributed by atoms with Gasteiger partial charge in [0.25, 0.3) is 11.8 Å². The quantitative estimate of drug-likeness (QED) is 0.206. The normalized spacial score (nSPS) is 26.0. The van der Waals surface area contributed by atoms with E-state index in [-0.39, 0.29) is 39.7 Å². The molecule has 46 heavy (non-hydrogen) atoms. The minimum Gasteiger partial charge on any atom is -0.493 e. The minimum absolute atomic E-state index is 0.0933. The van der Waals surface area contributed by atoms with Crippen LogP contribution in [0, 0.1) is 17.8 Å². The van der Waals surface area contributed by atoms with Crippen molar-refractivity contribution < 1.29 is 33.8 Å². The van der Waals surface area contributed by atoms with Crippen LogP contribution >= 0.6 is 11.6 Å². The average molecular weight is 641 g/mol. The molecule has 5 fully saturated rings. The summed E-state index contributed by atoms with van der Waals surface area (Å²) in [6.07, 6.45) is 9.03. The maximum atomic E-state index is 13.6. The predicted octanol–water partition coefficient (Wildman–Crippen LogP) is 6.76. The van der Waals surface area contributed by atoms with E-state index in [1.807, 2.05) is 12.1 Å². The summed E-state index contributed by atoms with van der Waals surface area (Å²) >= 11 is 6.55. The standard InChI is InChI=1S/C36H33ClN2O7/c1-45-30-15-21(14-29(37)31(30)46-19-20-2-4-25(5-3-20)34(42)43)13-28-32(40)38-35(44)39(33(28)41)27-8-6-26(7-9-27)36-16-22-10-23(17-36)12-24(11-22)18-36/h2-9,13-15,22-24H,10-12,16-19H2,1H3,(H,42,43)(H,38,40,44)/b28-13+.